The first-order valence-corrected chi connectivity index (χ1v) is 7.82. The molecule has 0 heterocycles. The molecule has 1 amide bonds. The minimum atomic E-state index is -0.265. The minimum absolute atomic E-state index is 0.265. The third-order valence-electron chi connectivity index (χ3n) is 2.66. The van der Waals surface area contributed by atoms with Gasteiger partial charge in [-0.05, 0) is 17.3 Å². The zero-order valence-electron chi connectivity index (χ0n) is 10.0. The molecule has 0 fully saturated rings. The molecule has 0 radical (unpaired) electrons. The van der Waals surface area contributed by atoms with Crippen LogP contribution in [0.25, 0.3) is 0 Å². The van der Waals surface area contributed by atoms with Crippen LogP contribution in [-0.2, 0) is 4.79 Å². The van der Waals surface area contributed by atoms with E-state index in [1.54, 1.807) is 5.48 Å². The van der Waals surface area contributed by atoms with Gasteiger partial charge in [0.25, 0.3) is 0 Å². The van der Waals surface area contributed by atoms with Gasteiger partial charge in [-0.3, -0.25) is 10.0 Å². The van der Waals surface area contributed by atoms with Gasteiger partial charge in [0.2, 0.25) is 5.91 Å². The maximum atomic E-state index is 10.7. The van der Waals surface area contributed by atoms with E-state index in [2.05, 4.69) is 22.6 Å². The highest BCUT2D eigenvalue weighted by Crippen LogP contribution is 2.10. The van der Waals surface area contributed by atoms with E-state index in [1.807, 2.05) is 0 Å². The maximum Gasteiger partial charge on any atom is 0.243 e. The molecule has 0 saturated heterocycles. The Morgan fingerprint density at radius 3 is 1.75 bits per heavy atom. The van der Waals surface area contributed by atoms with Crippen LogP contribution in [0, 0.1) is 0 Å². The predicted molar refractivity (Wildman–Crippen MR) is 75.0 cm³/mol. The first kappa shape index (κ1) is 16.2. The molecule has 0 aliphatic carbocycles. The molecular formula is C12H24INO2. The molecule has 0 unspecified atom stereocenters. The number of hydrogen-bond acceptors (Lipinski definition) is 2. The zero-order chi connectivity index (χ0) is 12.1. The Hall–Kier alpha value is 0.160. The number of amides is 1. The standard InChI is InChI=1S/C12H24INO2/c13-11-9-7-5-3-1-2-4-6-8-10-12(15)14-16/h16H,1-11H2,(H,14,15). The van der Waals surface area contributed by atoms with Gasteiger partial charge in [-0.1, -0.05) is 67.5 Å². The number of carbonyl (C=O) groups excluding carboxylic acids is 1. The van der Waals surface area contributed by atoms with Crippen molar-refractivity contribution in [2.24, 2.45) is 0 Å². The number of halogens is 1. The van der Waals surface area contributed by atoms with Gasteiger partial charge in [-0.25, -0.2) is 5.48 Å². The van der Waals surface area contributed by atoms with Gasteiger partial charge in [0, 0.05) is 6.42 Å². The van der Waals surface area contributed by atoms with E-state index in [1.165, 1.54) is 49.4 Å². The quantitative estimate of drug-likeness (QED) is 0.197. The third kappa shape index (κ3) is 12.2. The number of carbonyl (C=O) groups is 1. The van der Waals surface area contributed by atoms with Gasteiger partial charge < -0.3 is 0 Å². The van der Waals surface area contributed by atoms with Crippen molar-refractivity contribution in [2.45, 2.75) is 64.2 Å². The van der Waals surface area contributed by atoms with E-state index in [4.69, 9.17) is 5.21 Å². The minimum Gasteiger partial charge on any atom is -0.289 e. The van der Waals surface area contributed by atoms with Crippen LogP contribution in [0.5, 0.6) is 0 Å². The fourth-order valence-corrected chi connectivity index (χ4v) is 2.21. The van der Waals surface area contributed by atoms with E-state index < -0.39 is 0 Å². The summed E-state index contributed by atoms with van der Waals surface area (Å²) in [5.41, 5.74) is 1.66. The molecule has 16 heavy (non-hydrogen) atoms. The molecule has 3 nitrogen and oxygen atoms in total. The van der Waals surface area contributed by atoms with Crippen molar-refractivity contribution in [3.05, 3.63) is 0 Å². The summed E-state index contributed by atoms with van der Waals surface area (Å²) in [5.74, 6) is -0.265. The summed E-state index contributed by atoms with van der Waals surface area (Å²) in [4.78, 5) is 10.7. The first-order valence-electron chi connectivity index (χ1n) is 6.30. The summed E-state index contributed by atoms with van der Waals surface area (Å²) in [5, 5.41) is 8.28. The molecule has 2 N–H and O–H groups in total. The van der Waals surface area contributed by atoms with Crippen LogP contribution in [0.4, 0.5) is 0 Å². The van der Waals surface area contributed by atoms with Gasteiger partial charge in [0.05, 0.1) is 0 Å². The molecule has 0 aliphatic heterocycles. The van der Waals surface area contributed by atoms with Crippen LogP contribution in [0.1, 0.15) is 64.2 Å². The van der Waals surface area contributed by atoms with Crippen molar-refractivity contribution in [2.75, 3.05) is 4.43 Å². The Labute approximate surface area is 112 Å². The van der Waals surface area contributed by atoms with Gasteiger partial charge >= 0.3 is 0 Å². The van der Waals surface area contributed by atoms with Crippen molar-refractivity contribution in [1.29, 1.82) is 0 Å². The first-order chi connectivity index (χ1) is 7.81. The summed E-state index contributed by atoms with van der Waals surface area (Å²) in [6, 6.07) is 0. The van der Waals surface area contributed by atoms with Crippen molar-refractivity contribution in [1.82, 2.24) is 5.48 Å². The van der Waals surface area contributed by atoms with Crippen LogP contribution in [-0.4, -0.2) is 15.5 Å². The summed E-state index contributed by atoms with van der Waals surface area (Å²) in [6.07, 6.45) is 11.7. The van der Waals surface area contributed by atoms with Gasteiger partial charge in [0.15, 0.2) is 0 Å². The van der Waals surface area contributed by atoms with Crippen LogP contribution in [0.2, 0.25) is 0 Å². The normalized spacial score (nSPS) is 10.4. The lowest BCUT2D eigenvalue weighted by Crippen LogP contribution is -2.17. The molecule has 0 atom stereocenters. The van der Waals surface area contributed by atoms with Crippen molar-refractivity contribution < 1.29 is 10.0 Å². The van der Waals surface area contributed by atoms with Gasteiger partial charge in [-0.2, -0.15) is 0 Å². The highest BCUT2D eigenvalue weighted by Gasteiger charge is 1.98. The average Bonchev–Trinajstić information content (AvgIpc) is 2.31. The molecule has 0 saturated carbocycles. The Bertz CT molecular complexity index is 165. The Balaban J connectivity index is 2.96. The number of rotatable bonds is 11. The smallest absolute Gasteiger partial charge is 0.243 e. The molecule has 0 aromatic heterocycles. The molecule has 0 spiro atoms. The van der Waals surface area contributed by atoms with E-state index in [-0.39, 0.29) is 5.91 Å². The highest BCUT2D eigenvalue weighted by molar-refractivity contribution is 14.1. The van der Waals surface area contributed by atoms with Gasteiger partial charge in [0.1, 0.15) is 0 Å². The number of unbranched alkanes of at least 4 members (excludes halogenated alkanes) is 8. The van der Waals surface area contributed by atoms with Crippen LogP contribution in [0.15, 0.2) is 0 Å². The highest BCUT2D eigenvalue weighted by atomic mass is 127. The number of nitrogens with one attached hydrogen (secondary N) is 1. The third-order valence-corrected chi connectivity index (χ3v) is 3.42. The summed E-state index contributed by atoms with van der Waals surface area (Å²) < 4.78 is 1.28. The van der Waals surface area contributed by atoms with E-state index >= 15 is 0 Å². The number of hydroxylamine groups is 1. The lowest BCUT2D eigenvalue weighted by molar-refractivity contribution is -0.129. The second-order valence-corrected chi connectivity index (χ2v) is 5.23. The zero-order valence-corrected chi connectivity index (χ0v) is 12.2. The number of alkyl halides is 1. The molecule has 0 aliphatic rings. The average molecular weight is 341 g/mol. The second kappa shape index (κ2) is 13.2. The topological polar surface area (TPSA) is 49.3 Å². The van der Waals surface area contributed by atoms with Crippen molar-refractivity contribution in [3.63, 3.8) is 0 Å². The lowest BCUT2D eigenvalue weighted by atomic mass is 10.1. The fourth-order valence-electron chi connectivity index (χ4n) is 1.67. The SMILES string of the molecule is O=C(CCCCCCCCCCCI)NO. The molecule has 0 bridgehead atoms. The van der Waals surface area contributed by atoms with Gasteiger partial charge in [-0.15, -0.1) is 0 Å². The number of hydrogen-bond donors (Lipinski definition) is 2. The Morgan fingerprint density at radius 2 is 1.31 bits per heavy atom. The molecule has 0 aromatic rings. The van der Waals surface area contributed by atoms with E-state index in [0.717, 1.165) is 12.8 Å². The van der Waals surface area contributed by atoms with Crippen LogP contribution in [0.3, 0.4) is 0 Å². The molecular weight excluding hydrogens is 317 g/mol. The monoisotopic (exact) mass is 341 g/mol. The molecule has 0 rings (SSSR count). The maximum absolute atomic E-state index is 10.7. The largest absolute Gasteiger partial charge is 0.289 e. The fraction of sp³-hybridized carbons (Fsp3) is 0.917. The Kier molecular flexibility index (Phi) is 13.4. The molecule has 0 aromatic carbocycles. The summed E-state index contributed by atoms with van der Waals surface area (Å²) >= 11 is 2.43. The summed E-state index contributed by atoms with van der Waals surface area (Å²) in [7, 11) is 0. The van der Waals surface area contributed by atoms with Crippen molar-refractivity contribution in [3.8, 4) is 0 Å². The van der Waals surface area contributed by atoms with Crippen molar-refractivity contribution >= 4 is 28.5 Å². The van der Waals surface area contributed by atoms with Crippen LogP contribution >= 0.6 is 22.6 Å². The van der Waals surface area contributed by atoms with E-state index in [9.17, 15) is 4.79 Å². The van der Waals surface area contributed by atoms with E-state index in [0.29, 0.717) is 6.42 Å². The Morgan fingerprint density at radius 1 is 0.875 bits per heavy atom. The molecule has 96 valence electrons. The predicted octanol–water partition coefficient (Wildman–Crippen LogP) is 3.83. The lowest BCUT2D eigenvalue weighted by Gasteiger charge is -2.01. The summed E-state index contributed by atoms with van der Waals surface area (Å²) in [6.45, 7) is 0. The second-order valence-electron chi connectivity index (χ2n) is 4.16. The van der Waals surface area contributed by atoms with Crippen LogP contribution < -0.4 is 5.48 Å². The molecule has 4 heteroatoms.